The number of aryl methyl sites for hydroxylation is 1. The first-order chi connectivity index (χ1) is 5.82. The Morgan fingerprint density at radius 2 is 2.08 bits per heavy atom. The molecule has 1 aromatic rings. The van der Waals surface area contributed by atoms with Gasteiger partial charge in [-0.2, -0.15) is 18.2 Å². The van der Waals surface area contributed by atoms with Crippen LogP contribution in [0.15, 0.2) is 11.0 Å². The predicted octanol–water partition coefficient (Wildman–Crippen LogP) is 0.381. The fourth-order valence-electron chi connectivity index (χ4n) is 0.776. The van der Waals surface area contributed by atoms with Crippen molar-refractivity contribution in [1.29, 1.82) is 0 Å². The van der Waals surface area contributed by atoms with E-state index in [1.165, 1.54) is 7.05 Å². The number of nitrogens with zero attached hydrogens (tertiary/aromatic N) is 2. The Balaban J connectivity index is 3.41. The number of hydrogen-bond acceptors (Lipinski definition) is 3. The van der Waals surface area contributed by atoms with Crippen LogP contribution < -0.4 is 11.4 Å². The molecule has 0 fully saturated rings. The third-order valence-electron chi connectivity index (χ3n) is 1.42. The van der Waals surface area contributed by atoms with E-state index >= 15 is 0 Å². The highest BCUT2D eigenvalue weighted by Crippen LogP contribution is 2.31. The summed E-state index contributed by atoms with van der Waals surface area (Å²) in [6, 6.07) is 0. The second-order valence-electron chi connectivity index (χ2n) is 2.43. The van der Waals surface area contributed by atoms with Crippen LogP contribution in [-0.2, 0) is 13.2 Å². The van der Waals surface area contributed by atoms with Crippen molar-refractivity contribution >= 4 is 5.82 Å². The van der Waals surface area contributed by atoms with Crippen LogP contribution in [0.3, 0.4) is 0 Å². The molecule has 72 valence electrons. The molecule has 7 heteroatoms. The molecule has 0 amide bonds. The molecule has 0 radical (unpaired) electrons. The molecule has 1 aromatic heterocycles. The lowest BCUT2D eigenvalue weighted by molar-refractivity contribution is -0.137. The number of hydrogen-bond donors (Lipinski definition) is 1. The molecule has 0 atom stereocenters. The number of nitrogen functional groups attached to an aromatic ring is 1. The number of nitrogens with two attached hydrogens (primary N) is 1. The number of aromatic nitrogens is 2. The van der Waals surface area contributed by atoms with E-state index < -0.39 is 23.2 Å². The van der Waals surface area contributed by atoms with Gasteiger partial charge in [-0.25, -0.2) is 4.79 Å². The van der Waals surface area contributed by atoms with Gasteiger partial charge < -0.3 is 10.3 Å². The summed E-state index contributed by atoms with van der Waals surface area (Å²) in [4.78, 5) is 13.7. The lowest BCUT2D eigenvalue weighted by Gasteiger charge is -2.09. The van der Waals surface area contributed by atoms with Gasteiger partial charge in [0.2, 0.25) is 0 Å². The van der Waals surface area contributed by atoms with Crippen LogP contribution in [0.25, 0.3) is 0 Å². The average molecular weight is 193 g/mol. The smallest absolute Gasteiger partial charge is 0.383 e. The Morgan fingerprint density at radius 3 is 2.54 bits per heavy atom. The number of alkyl halides is 3. The van der Waals surface area contributed by atoms with Gasteiger partial charge in [-0.05, 0) is 0 Å². The maximum absolute atomic E-state index is 12.1. The van der Waals surface area contributed by atoms with Gasteiger partial charge in [-0.1, -0.05) is 0 Å². The average Bonchev–Trinajstić information content (AvgIpc) is 1.94. The van der Waals surface area contributed by atoms with E-state index in [0.717, 1.165) is 4.57 Å². The first-order valence-corrected chi connectivity index (χ1v) is 3.22. The predicted molar refractivity (Wildman–Crippen MR) is 38.9 cm³/mol. The highest BCUT2D eigenvalue weighted by molar-refractivity contribution is 5.38. The minimum Gasteiger partial charge on any atom is -0.383 e. The maximum atomic E-state index is 12.1. The van der Waals surface area contributed by atoms with Crippen molar-refractivity contribution in [1.82, 2.24) is 9.55 Å². The minimum atomic E-state index is -4.58. The molecule has 0 aliphatic heterocycles. The Kier molecular flexibility index (Phi) is 2.02. The van der Waals surface area contributed by atoms with Crippen molar-refractivity contribution in [2.75, 3.05) is 5.73 Å². The van der Waals surface area contributed by atoms with Crippen molar-refractivity contribution < 1.29 is 13.2 Å². The molecule has 1 rings (SSSR count). The van der Waals surface area contributed by atoms with Gasteiger partial charge in [0, 0.05) is 13.2 Å². The lowest BCUT2D eigenvalue weighted by atomic mass is 10.3. The molecular formula is C6H6F3N3O. The topological polar surface area (TPSA) is 60.9 Å². The summed E-state index contributed by atoms with van der Waals surface area (Å²) in [6.07, 6.45) is -3.97. The van der Waals surface area contributed by atoms with Crippen LogP contribution in [-0.4, -0.2) is 9.55 Å². The van der Waals surface area contributed by atoms with Crippen LogP contribution >= 0.6 is 0 Å². The first-order valence-electron chi connectivity index (χ1n) is 3.22. The van der Waals surface area contributed by atoms with Crippen molar-refractivity contribution in [3.8, 4) is 0 Å². The zero-order valence-corrected chi connectivity index (χ0v) is 6.59. The monoisotopic (exact) mass is 193 g/mol. The zero-order valence-electron chi connectivity index (χ0n) is 6.59. The second kappa shape index (κ2) is 2.75. The number of halogens is 3. The van der Waals surface area contributed by atoms with E-state index in [1.807, 2.05) is 0 Å². The van der Waals surface area contributed by atoms with Gasteiger partial charge in [0.1, 0.15) is 11.4 Å². The molecule has 0 aliphatic rings. The molecule has 0 unspecified atom stereocenters. The maximum Gasteiger partial charge on any atom is 0.421 e. The van der Waals surface area contributed by atoms with E-state index in [1.54, 1.807) is 0 Å². The number of anilines is 1. The minimum absolute atomic E-state index is 0.616. The fraction of sp³-hybridized carbons (Fsp3) is 0.333. The Morgan fingerprint density at radius 1 is 1.54 bits per heavy atom. The van der Waals surface area contributed by atoms with Crippen LogP contribution in [0, 0.1) is 0 Å². The molecule has 4 nitrogen and oxygen atoms in total. The summed E-state index contributed by atoms with van der Waals surface area (Å²) in [5.74, 6) is -0.796. The van der Waals surface area contributed by atoms with Gasteiger partial charge in [0.25, 0.3) is 0 Å². The molecule has 0 spiro atoms. The quantitative estimate of drug-likeness (QED) is 0.648. The Bertz CT molecular complexity index is 382. The molecule has 1 heterocycles. The molecular weight excluding hydrogens is 187 g/mol. The van der Waals surface area contributed by atoms with Gasteiger partial charge in [-0.3, -0.25) is 0 Å². The Labute approximate surface area is 70.8 Å². The summed E-state index contributed by atoms with van der Waals surface area (Å²) in [5.41, 5.74) is 3.02. The summed E-state index contributed by atoms with van der Waals surface area (Å²) >= 11 is 0. The summed E-state index contributed by atoms with van der Waals surface area (Å²) in [7, 11) is 1.17. The van der Waals surface area contributed by atoms with Crippen molar-refractivity contribution in [2.24, 2.45) is 7.05 Å². The van der Waals surface area contributed by atoms with E-state index in [4.69, 9.17) is 5.73 Å². The molecule has 0 aromatic carbocycles. The van der Waals surface area contributed by atoms with Crippen LogP contribution in [0.2, 0.25) is 0 Å². The van der Waals surface area contributed by atoms with Crippen molar-refractivity contribution in [2.45, 2.75) is 6.18 Å². The number of rotatable bonds is 0. The Hall–Kier alpha value is -1.53. The first kappa shape index (κ1) is 9.56. The summed E-state index contributed by atoms with van der Waals surface area (Å²) in [6.45, 7) is 0. The van der Waals surface area contributed by atoms with Crippen LogP contribution in [0.1, 0.15) is 5.56 Å². The second-order valence-corrected chi connectivity index (χ2v) is 2.43. The molecule has 13 heavy (non-hydrogen) atoms. The van der Waals surface area contributed by atoms with Crippen LogP contribution in [0.4, 0.5) is 19.0 Å². The van der Waals surface area contributed by atoms with Gasteiger partial charge in [0.15, 0.2) is 0 Å². The lowest BCUT2D eigenvalue weighted by Crippen LogP contribution is -2.24. The van der Waals surface area contributed by atoms with Crippen LogP contribution in [0.5, 0.6) is 0 Å². The molecule has 2 N–H and O–H groups in total. The van der Waals surface area contributed by atoms with Gasteiger partial charge in [-0.15, -0.1) is 0 Å². The van der Waals surface area contributed by atoms with E-state index in [9.17, 15) is 18.0 Å². The van der Waals surface area contributed by atoms with E-state index in [0.29, 0.717) is 6.20 Å². The third-order valence-corrected chi connectivity index (χ3v) is 1.42. The highest BCUT2D eigenvalue weighted by atomic mass is 19.4. The standard InChI is InChI=1S/C6H6F3N3O/c1-12-2-3(6(7,8)9)4(10)11-5(12)13/h2H,1H3,(H2,10,11,13). The molecule has 0 aliphatic carbocycles. The fourth-order valence-corrected chi connectivity index (χ4v) is 0.776. The van der Waals surface area contributed by atoms with Crippen molar-refractivity contribution in [3.05, 3.63) is 22.2 Å². The van der Waals surface area contributed by atoms with Gasteiger partial charge in [0.05, 0.1) is 0 Å². The van der Waals surface area contributed by atoms with E-state index in [-0.39, 0.29) is 0 Å². The summed E-state index contributed by atoms with van der Waals surface area (Å²) in [5, 5.41) is 0. The molecule has 0 saturated carbocycles. The highest BCUT2D eigenvalue weighted by Gasteiger charge is 2.34. The van der Waals surface area contributed by atoms with E-state index in [2.05, 4.69) is 4.98 Å². The molecule has 0 saturated heterocycles. The normalized spacial score (nSPS) is 11.7. The van der Waals surface area contributed by atoms with Crippen molar-refractivity contribution in [3.63, 3.8) is 0 Å². The molecule has 0 bridgehead atoms. The SMILES string of the molecule is Cn1cc(C(F)(F)F)c(N)nc1=O. The zero-order chi connectivity index (χ0) is 10.2. The largest absolute Gasteiger partial charge is 0.421 e. The van der Waals surface area contributed by atoms with Gasteiger partial charge >= 0.3 is 11.9 Å². The summed E-state index contributed by atoms with van der Waals surface area (Å²) < 4.78 is 37.1. The third kappa shape index (κ3) is 1.79.